The van der Waals surface area contributed by atoms with Gasteiger partial charge in [0.1, 0.15) is 5.82 Å². The van der Waals surface area contributed by atoms with Crippen LogP contribution in [0.5, 0.6) is 11.5 Å². The van der Waals surface area contributed by atoms with Crippen LogP contribution in [0.3, 0.4) is 0 Å². The number of benzene rings is 1. The molecule has 0 aliphatic heterocycles. The van der Waals surface area contributed by atoms with E-state index in [1.807, 2.05) is 0 Å². The van der Waals surface area contributed by atoms with Crippen molar-refractivity contribution < 1.29 is 18.3 Å². The number of aryl methyl sites for hydroxylation is 1. The molecule has 0 fully saturated rings. The van der Waals surface area contributed by atoms with Crippen LogP contribution in [0.25, 0.3) is 10.9 Å². The molecule has 1 heterocycles. The van der Waals surface area contributed by atoms with Crippen LogP contribution in [0.2, 0.25) is 0 Å². The predicted octanol–water partition coefficient (Wildman–Crippen LogP) is 1.84. The Hall–Kier alpha value is -2.18. The zero-order chi connectivity index (χ0) is 13.3. The summed E-state index contributed by atoms with van der Waals surface area (Å²) >= 11 is 0. The molecule has 0 aliphatic rings. The third-order valence-corrected chi connectivity index (χ3v) is 2.33. The highest BCUT2D eigenvalue weighted by molar-refractivity contribution is 5.81. The molecule has 0 amide bonds. The van der Waals surface area contributed by atoms with Gasteiger partial charge >= 0.3 is 6.61 Å². The number of nitrogens with one attached hydrogen (secondary N) is 1. The first-order valence-electron chi connectivity index (χ1n) is 5.04. The van der Waals surface area contributed by atoms with E-state index in [1.165, 1.54) is 19.2 Å². The molecule has 1 aromatic heterocycles. The van der Waals surface area contributed by atoms with Crippen molar-refractivity contribution in [1.29, 1.82) is 0 Å². The smallest absolute Gasteiger partial charge is 0.387 e. The fraction of sp³-hybridized carbons (Fsp3) is 0.273. The number of H-pyrrole nitrogens is 1. The molecule has 5 nitrogen and oxygen atoms in total. The van der Waals surface area contributed by atoms with Crippen LogP contribution in [-0.4, -0.2) is 23.7 Å². The molecule has 96 valence electrons. The topological polar surface area (TPSA) is 64.2 Å². The van der Waals surface area contributed by atoms with E-state index in [-0.39, 0.29) is 28.0 Å². The van der Waals surface area contributed by atoms with E-state index in [0.717, 1.165) is 0 Å². The molecule has 0 radical (unpaired) electrons. The molecule has 0 atom stereocenters. The second-order valence-corrected chi connectivity index (χ2v) is 3.55. The number of nitrogens with zero attached hydrogens (tertiary/aromatic N) is 1. The molecule has 2 rings (SSSR count). The van der Waals surface area contributed by atoms with Crippen molar-refractivity contribution >= 4 is 10.9 Å². The van der Waals surface area contributed by atoms with E-state index in [0.29, 0.717) is 5.82 Å². The zero-order valence-electron chi connectivity index (χ0n) is 9.66. The number of halogens is 2. The van der Waals surface area contributed by atoms with E-state index in [1.54, 1.807) is 6.92 Å². The highest BCUT2D eigenvalue weighted by Gasteiger charge is 2.14. The van der Waals surface area contributed by atoms with Gasteiger partial charge in [-0.1, -0.05) is 0 Å². The first kappa shape index (κ1) is 12.3. The van der Waals surface area contributed by atoms with Gasteiger partial charge in [0.2, 0.25) is 0 Å². The number of aromatic amines is 1. The molecular weight excluding hydrogens is 246 g/mol. The van der Waals surface area contributed by atoms with Gasteiger partial charge < -0.3 is 14.5 Å². The van der Waals surface area contributed by atoms with Crippen molar-refractivity contribution in [2.75, 3.05) is 7.11 Å². The van der Waals surface area contributed by atoms with E-state index in [2.05, 4.69) is 14.7 Å². The molecule has 0 spiro atoms. The van der Waals surface area contributed by atoms with Crippen LogP contribution >= 0.6 is 0 Å². The Morgan fingerprint density at radius 1 is 1.33 bits per heavy atom. The second-order valence-electron chi connectivity index (χ2n) is 3.55. The molecule has 0 saturated heterocycles. The van der Waals surface area contributed by atoms with Gasteiger partial charge in [-0.3, -0.25) is 4.79 Å². The Morgan fingerprint density at radius 2 is 2.06 bits per heavy atom. The highest BCUT2D eigenvalue weighted by atomic mass is 19.3. The molecule has 0 saturated carbocycles. The Kier molecular flexibility index (Phi) is 3.14. The number of rotatable bonds is 3. The number of ether oxygens (including phenoxy) is 2. The molecule has 1 N–H and O–H groups in total. The van der Waals surface area contributed by atoms with Crippen molar-refractivity contribution in [3.8, 4) is 11.5 Å². The Labute approximate surface area is 100 Å². The first-order chi connectivity index (χ1) is 8.51. The minimum absolute atomic E-state index is 0.0546. The molecule has 0 unspecified atom stereocenters. The minimum atomic E-state index is -2.97. The number of hydrogen-bond donors (Lipinski definition) is 1. The third-order valence-electron chi connectivity index (χ3n) is 2.33. The van der Waals surface area contributed by atoms with E-state index >= 15 is 0 Å². The molecular formula is C11H10F2N2O3. The maximum absolute atomic E-state index is 12.2. The van der Waals surface area contributed by atoms with Gasteiger partial charge in [0.15, 0.2) is 11.5 Å². The van der Waals surface area contributed by atoms with Crippen molar-refractivity contribution in [1.82, 2.24) is 9.97 Å². The van der Waals surface area contributed by atoms with Gasteiger partial charge in [-0.2, -0.15) is 8.78 Å². The van der Waals surface area contributed by atoms with Crippen LogP contribution < -0.4 is 15.0 Å². The quantitative estimate of drug-likeness (QED) is 0.910. The van der Waals surface area contributed by atoms with Crippen LogP contribution in [-0.2, 0) is 0 Å². The average molecular weight is 256 g/mol. The number of aromatic nitrogens is 2. The monoisotopic (exact) mass is 256 g/mol. The Bertz CT molecular complexity index is 640. The Balaban J connectivity index is 2.69. The van der Waals surface area contributed by atoms with E-state index in [9.17, 15) is 13.6 Å². The SMILES string of the molecule is COc1cc2c(=O)[nH]c(C)nc2cc1OC(F)F. The lowest BCUT2D eigenvalue weighted by Gasteiger charge is -2.10. The lowest BCUT2D eigenvalue weighted by Crippen LogP contribution is -2.11. The standard InChI is InChI=1S/C11H10F2N2O3/c1-5-14-7-4-9(18-11(12)13)8(17-2)3-6(7)10(16)15-5/h3-4,11H,1-2H3,(H,14,15,16). The molecule has 7 heteroatoms. The van der Waals surface area contributed by atoms with Crippen LogP contribution in [0, 0.1) is 6.92 Å². The summed E-state index contributed by atoms with van der Waals surface area (Å²) in [6.07, 6.45) is 0. The van der Waals surface area contributed by atoms with Crippen LogP contribution in [0.1, 0.15) is 5.82 Å². The molecule has 18 heavy (non-hydrogen) atoms. The molecule has 0 bridgehead atoms. The average Bonchev–Trinajstić information content (AvgIpc) is 2.27. The van der Waals surface area contributed by atoms with Crippen molar-refractivity contribution in [3.05, 3.63) is 28.3 Å². The lowest BCUT2D eigenvalue weighted by atomic mass is 10.2. The summed E-state index contributed by atoms with van der Waals surface area (Å²) in [6, 6.07) is 2.57. The molecule has 1 aromatic carbocycles. The summed E-state index contributed by atoms with van der Waals surface area (Å²) in [5, 5.41) is 0.249. The lowest BCUT2D eigenvalue weighted by molar-refractivity contribution is -0.0511. The maximum atomic E-state index is 12.2. The molecule has 2 aromatic rings. The summed E-state index contributed by atoms with van der Waals surface area (Å²) in [6.45, 7) is -1.38. The van der Waals surface area contributed by atoms with E-state index in [4.69, 9.17) is 4.74 Å². The van der Waals surface area contributed by atoms with Crippen molar-refractivity contribution in [3.63, 3.8) is 0 Å². The number of fused-ring (bicyclic) bond motifs is 1. The van der Waals surface area contributed by atoms with Gasteiger partial charge in [-0.05, 0) is 13.0 Å². The highest BCUT2D eigenvalue weighted by Crippen LogP contribution is 2.31. The number of alkyl halides is 2. The zero-order valence-corrected chi connectivity index (χ0v) is 9.66. The van der Waals surface area contributed by atoms with Gasteiger partial charge in [-0.15, -0.1) is 0 Å². The van der Waals surface area contributed by atoms with Gasteiger partial charge in [-0.25, -0.2) is 4.98 Å². The fourth-order valence-corrected chi connectivity index (χ4v) is 1.61. The summed E-state index contributed by atoms with van der Waals surface area (Å²) in [7, 11) is 1.30. The summed E-state index contributed by atoms with van der Waals surface area (Å²) in [5.74, 6) is 0.289. The number of methoxy groups -OCH3 is 1. The maximum Gasteiger partial charge on any atom is 0.387 e. The summed E-state index contributed by atoms with van der Waals surface area (Å²) in [5.41, 5.74) is -0.0907. The van der Waals surface area contributed by atoms with Crippen LogP contribution in [0.4, 0.5) is 8.78 Å². The molecule has 0 aliphatic carbocycles. The first-order valence-corrected chi connectivity index (χ1v) is 5.04. The van der Waals surface area contributed by atoms with Crippen molar-refractivity contribution in [2.45, 2.75) is 13.5 Å². The number of hydrogen-bond acceptors (Lipinski definition) is 4. The van der Waals surface area contributed by atoms with Gasteiger partial charge in [0, 0.05) is 6.07 Å². The van der Waals surface area contributed by atoms with Gasteiger partial charge in [0.25, 0.3) is 5.56 Å². The van der Waals surface area contributed by atoms with E-state index < -0.39 is 6.61 Å². The predicted molar refractivity (Wildman–Crippen MR) is 60.3 cm³/mol. The Morgan fingerprint density at radius 3 is 2.67 bits per heavy atom. The van der Waals surface area contributed by atoms with Crippen molar-refractivity contribution in [2.24, 2.45) is 0 Å². The second kappa shape index (κ2) is 4.59. The third kappa shape index (κ3) is 2.24. The fourth-order valence-electron chi connectivity index (χ4n) is 1.61. The normalized spacial score (nSPS) is 10.9. The summed E-state index contributed by atoms with van der Waals surface area (Å²) in [4.78, 5) is 18.2. The minimum Gasteiger partial charge on any atom is -0.493 e. The summed E-state index contributed by atoms with van der Waals surface area (Å²) < 4.78 is 33.7. The van der Waals surface area contributed by atoms with Gasteiger partial charge in [0.05, 0.1) is 18.0 Å². The van der Waals surface area contributed by atoms with Crippen LogP contribution in [0.15, 0.2) is 16.9 Å². The largest absolute Gasteiger partial charge is 0.493 e.